The Morgan fingerprint density at radius 1 is 1.32 bits per heavy atom. The van der Waals surface area contributed by atoms with E-state index in [1.165, 1.54) is 0 Å². The van der Waals surface area contributed by atoms with Gasteiger partial charge in [0.25, 0.3) is 0 Å². The van der Waals surface area contributed by atoms with Gasteiger partial charge in [-0.25, -0.2) is 0 Å². The molecule has 1 aromatic heterocycles. The van der Waals surface area contributed by atoms with E-state index < -0.39 is 0 Å². The predicted octanol–water partition coefficient (Wildman–Crippen LogP) is 3.30. The number of carbonyl (C=O) groups excluding carboxylic acids is 1. The zero-order valence-electron chi connectivity index (χ0n) is 10.9. The maximum atomic E-state index is 12.4. The molecule has 0 saturated heterocycles. The van der Waals surface area contributed by atoms with Gasteiger partial charge in [0, 0.05) is 12.1 Å². The Bertz CT molecular complexity index is 576. The lowest BCUT2D eigenvalue weighted by atomic mass is 10.1. The molecule has 0 N–H and O–H groups in total. The maximum Gasteiger partial charge on any atom is 0.212 e. The summed E-state index contributed by atoms with van der Waals surface area (Å²) in [4.78, 5) is 12.4. The van der Waals surface area contributed by atoms with E-state index in [1.54, 1.807) is 35.1 Å². The highest BCUT2D eigenvalue weighted by Crippen LogP contribution is 2.21. The second-order valence-corrected chi connectivity index (χ2v) is 4.80. The molecule has 0 aliphatic heterocycles. The third-order valence-electron chi connectivity index (χ3n) is 2.74. The van der Waals surface area contributed by atoms with Gasteiger partial charge in [-0.3, -0.25) is 9.48 Å². The third kappa shape index (κ3) is 2.87. The van der Waals surface area contributed by atoms with Crippen LogP contribution in [0.1, 0.15) is 29.9 Å². The molecular formula is C14H15BrN2O2. The minimum absolute atomic E-state index is 0.0470. The van der Waals surface area contributed by atoms with Crippen LogP contribution < -0.4 is 4.74 Å². The van der Waals surface area contributed by atoms with Crippen LogP contribution in [-0.4, -0.2) is 22.2 Å². The normalized spacial score (nSPS) is 10.5. The number of benzene rings is 1. The van der Waals surface area contributed by atoms with Gasteiger partial charge < -0.3 is 4.74 Å². The van der Waals surface area contributed by atoms with Crippen LogP contribution in [0.4, 0.5) is 0 Å². The van der Waals surface area contributed by atoms with Gasteiger partial charge in [-0.2, -0.15) is 5.10 Å². The molecule has 0 atom stereocenters. The Morgan fingerprint density at radius 2 is 2.00 bits per heavy atom. The van der Waals surface area contributed by atoms with Gasteiger partial charge in [-0.15, -0.1) is 0 Å². The number of nitrogens with zero attached hydrogens (tertiary/aromatic N) is 2. The topological polar surface area (TPSA) is 44.1 Å². The highest BCUT2D eigenvalue weighted by molar-refractivity contribution is 9.10. The van der Waals surface area contributed by atoms with E-state index in [0.717, 1.165) is 5.75 Å². The number of aryl methyl sites for hydroxylation is 1. The van der Waals surface area contributed by atoms with Crippen LogP contribution in [0, 0.1) is 0 Å². The third-order valence-corrected chi connectivity index (χ3v) is 3.32. The molecule has 2 aromatic rings. The molecule has 4 nitrogen and oxygen atoms in total. The van der Waals surface area contributed by atoms with Crippen molar-refractivity contribution >= 4 is 21.7 Å². The van der Waals surface area contributed by atoms with Gasteiger partial charge in [0.05, 0.1) is 17.3 Å². The van der Waals surface area contributed by atoms with Gasteiger partial charge in [0.1, 0.15) is 11.4 Å². The van der Waals surface area contributed by atoms with Crippen molar-refractivity contribution in [2.75, 3.05) is 6.61 Å². The zero-order chi connectivity index (χ0) is 13.8. The number of ether oxygens (including phenoxy) is 1. The van der Waals surface area contributed by atoms with Crippen molar-refractivity contribution in [3.63, 3.8) is 0 Å². The summed E-state index contributed by atoms with van der Waals surface area (Å²) < 4.78 is 7.76. The van der Waals surface area contributed by atoms with Crippen molar-refractivity contribution < 1.29 is 9.53 Å². The molecule has 1 aromatic carbocycles. The summed E-state index contributed by atoms with van der Waals surface area (Å²) >= 11 is 3.37. The molecule has 0 aliphatic carbocycles. The number of hydrogen-bond acceptors (Lipinski definition) is 3. The van der Waals surface area contributed by atoms with Crippen LogP contribution in [-0.2, 0) is 6.54 Å². The fourth-order valence-electron chi connectivity index (χ4n) is 1.83. The molecule has 1 heterocycles. The lowest BCUT2D eigenvalue weighted by Gasteiger charge is -2.06. The lowest BCUT2D eigenvalue weighted by Crippen LogP contribution is -2.11. The Balaban J connectivity index is 2.30. The molecule has 5 heteroatoms. The second-order valence-electron chi connectivity index (χ2n) is 3.94. The molecule has 0 unspecified atom stereocenters. The lowest BCUT2D eigenvalue weighted by molar-refractivity contribution is 0.102. The predicted molar refractivity (Wildman–Crippen MR) is 76.6 cm³/mol. The Morgan fingerprint density at radius 3 is 2.58 bits per heavy atom. The van der Waals surface area contributed by atoms with Crippen LogP contribution in [0.3, 0.4) is 0 Å². The van der Waals surface area contributed by atoms with Crippen molar-refractivity contribution in [1.29, 1.82) is 0 Å². The Hall–Kier alpha value is -1.62. The van der Waals surface area contributed by atoms with Crippen molar-refractivity contribution in [1.82, 2.24) is 9.78 Å². The van der Waals surface area contributed by atoms with E-state index in [-0.39, 0.29) is 5.78 Å². The van der Waals surface area contributed by atoms with Crippen LogP contribution in [0.25, 0.3) is 0 Å². The van der Waals surface area contributed by atoms with Crippen molar-refractivity contribution in [3.8, 4) is 5.75 Å². The summed E-state index contributed by atoms with van der Waals surface area (Å²) in [5.41, 5.74) is 1.20. The van der Waals surface area contributed by atoms with Gasteiger partial charge in [0.2, 0.25) is 5.78 Å². The molecule has 0 saturated carbocycles. The first-order valence-corrected chi connectivity index (χ1v) is 6.95. The van der Waals surface area contributed by atoms with E-state index in [4.69, 9.17) is 4.74 Å². The zero-order valence-corrected chi connectivity index (χ0v) is 12.5. The summed E-state index contributed by atoms with van der Waals surface area (Å²) in [6, 6.07) is 7.15. The first-order valence-electron chi connectivity index (χ1n) is 6.16. The summed E-state index contributed by atoms with van der Waals surface area (Å²) in [5.74, 6) is 0.719. The number of rotatable bonds is 5. The molecule has 0 amide bonds. The van der Waals surface area contributed by atoms with E-state index in [0.29, 0.717) is 28.9 Å². The fraction of sp³-hybridized carbons (Fsp3) is 0.286. The number of aromatic nitrogens is 2. The van der Waals surface area contributed by atoms with Crippen LogP contribution in [0.5, 0.6) is 5.75 Å². The Kier molecular flexibility index (Phi) is 4.37. The second kappa shape index (κ2) is 6.02. The van der Waals surface area contributed by atoms with Crippen molar-refractivity contribution in [3.05, 3.63) is 46.2 Å². The first-order chi connectivity index (χ1) is 9.17. The van der Waals surface area contributed by atoms with Crippen molar-refractivity contribution in [2.24, 2.45) is 0 Å². The molecule has 0 radical (unpaired) electrons. The Labute approximate surface area is 120 Å². The number of halogens is 1. The highest BCUT2D eigenvalue weighted by atomic mass is 79.9. The van der Waals surface area contributed by atoms with Gasteiger partial charge in [0.15, 0.2) is 0 Å². The molecule has 0 spiro atoms. The maximum absolute atomic E-state index is 12.4. The summed E-state index contributed by atoms with van der Waals surface area (Å²) in [6.45, 7) is 5.15. The van der Waals surface area contributed by atoms with Crippen LogP contribution in [0.2, 0.25) is 0 Å². The van der Waals surface area contributed by atoms with Gasteiger partial charge in [-0.1, -0.05) is 0 Å². The molecule has 0 bridgehead atoms. The SMILES string of the molecule is CCOc1ccc(C(=O)c2c(Br)cnn2CC)cc1. The molecule has 0 fully saturated rings. The van der Waals surface area contributed by atoms with E-state index in [9.17, 15) is 4.79 Å². The number of ketones is 1. The minimum Gasteiger partial charge on any atom is -0.494 e. The highest BCUT2D eigenvalue weighted by Gasteiger charge is 2.18. The summed E-state index contributed by atoms with van der Waals surface area (Å²) in [7, 11) is 0. The largest absolute Gasteiger partial charge is 0.494 e. The molecule has 100 valence electrons. The smallest absolute Gasteiger partial charge is 0.212 e. The van der Waals surface area contributed by atoms with Crippen LogP contribution >= 0.6 is 15.9 Å². The van der Waals surface area contributed by atoms with Crippen molar-refractivity contribution in [2.45, 2.75) is 20.4 Å². The average Bonchev–Trinajstić information content (AvgIpc) is 2.80. The van der Waals surface area contributed by atoms with E-state index in [1.807, 2.05) is 13.8 Å². The van der Waals surface area contributed by atoms with Gasteiger partial charge in [-0.05, 0) is 54.0 Å². The molecular weight excluding hydrogens is 308 g/mol. The minimum atomic E-state index is -0.0470. The van der Waals surface area contributed by atoms with Crippen LogP contribution in [0.15, 0.2) is 34.9 Å². The summed E-state index contributed by atoms with van der Waals surface area (Å²) in [6.07, 6.45) is 1.64. The van der Waals surface area contributed by atoms with Gasteiger partial charge >= 0.3 is 0 Å². The molecule has 19 heavy (non-hydrogen) atoms. The molecule has 0 aliphatic rings. The fourth-order valence-corrected chi connectivity index (χ4v) is 2.31. The average molecular weight is 323 g/mol. The monoisotopic (exact) mass is 322 g/mol. The standard InChI is InChI=1S/C14H15BrN2O2/c1-3-17-13(12(15)9-16-17)14(18)10-5-7-11(8-6-10)19-4-2/h5-9H,3-4H2,1-2H3. The first kappa shape index (κ1) is 13.8. The quantitative estimate of drug-likeness (QED) is 0.793. The molecule has 2 rings (SSSR count). The van der Waals surface area contributed by atoms with E-state index in [2.05, 4.69) is 21.0 Å². The number of hydrogen-bond donors (Lipinski definition) is 0. The van der Waals surface area contributed by atoms with E-state index >= 15 is 0 Å². The number of carbonyl (C=O) groups is 1. The summed E-state index contributed by atoms with van der Waals surface area (Å²) in [5, 5.41) is 4.15.